The summed E-state index contributed by atoms with van der Waals surface area (Å²) >= 11 is 4.37. The van der Waals surface area contributed by atoms with Crippen LogP contribution in [0.1, 0.15) is 5.56 Å². The van der Waals surface area contributed by atoms with Gasteiger partial charge in [0.1, 0.15) is 4.21 Å². The maximum Gasteiger partial charge on any atom is 0.272 e. The fraction of sp³-hybridized carbons (Fsp3) is 0.100. The zero-order valence-electron chi connectivity index (χ0n) is 9.13. The van der Waals surface area contributed by atoms with Gasteiger partial charge in [-0.25, -0.2) is 13.4 Å². The molecule has 0 atom stereocenters. The standard InChI is InChI=1S/C10H10BrN3O2S2/c11-8-2-1-3-13-10(8)14-18(15,16)9-4-7(5-12)6-17-9/h1-4,6H,5,12H2,(H,13,14). The van der Waals surface area contributed by atoms with E-state index in [4.69, 9.17) is 5.73 Å². The Hall–Kier alpha value is -0.960. The van der Waals surface area contributed by atoms with Gasteiger partial charge in [0.25, 0.3) is 10.0 Å². The molecule has 0 aliphatic carbocycles. The van der Waals surface area contributed by atoms with Crippen molar-refractivity contribution < 1.29 is 8.42 Å². The highest BCUT2D eigenvalue weighted by molar-refractivity contribution is 9.10. The van der Waals surface area contributed by atoms with E-state index in [9.17, 15) is 8.42 Å². The minimum atomic E-state index is -3.60. The largest absolute Gasteiger partial charge is 0.326 e. The normalized spacial score (nSPS) is 11.4. The summed E-state index contributed by atoms with van der Waals surface area (Å²) < 4.78 is 27.4. The number of thiophene rings is 1. The lowest BCUT2D eigenvalue weighted by molar-refractivity contribution is 0.603. The van der Waals surface area contributed by atoms with Crippen molar-refractivity contribution in [3.05, 3.63) is 39.8 Å². The van der Waals surface area contributed by atoms with E-state index in [-0.39, 0.29) is 10.0 Å². The Morgan fingerprint density at radius 3 is 2.89 bits per heavy atom. The van der Waals surface area contributed by atoms with Crippen LogP contribution in [0.5, 0.6) is 0 Å². The van der Waals surface area contributed by atoms with Crippen molar-refractivity contribution in [2.75, 3.05) is 4.72 Å². The fourth-order valence-corrected chi connectivity index (χ4v) is 3.98. The zero-order chi connectivity index (χ0) is 13.2. The van der Waals surface area contributed by atoms with Crippen molar-refractivity contribution >= 4 is 43.1 Å². The Labute approximate surface area is 117 Å². The van der Waals surface area contributed by atoms with E-state index in [2.05, 4.69) is 25.6 Å². The van der Waals surface area contributed by atoms with E-state index in [1.807, 2.05) is 0 Å². The van der Waals surface area contributed by atoms with Crippen LogP contribution < -0.4 is 10.5 Å². The number of nitrogens with one attached hydrogen (secondary N) is 1. The Bertz CT molecular complexity index is 655. The number of halogens is 1. The van der Waals surface area contributed by atoms with Crippen molar-refractivity contribution in [1.82, 2.24) is 4.98 Å². The molecule has 3 N–H and O–H groups in total. The molecule has 2 aromatic rings. The van der Waals surface area contributed by atoms with E-state index in [0.717, 1.165) is 16.9 Å². The summed E-state index contributed by atoms with van der Waals surface area (Å²) in [5.41, 5.74) is 6.25. The molecule has 2 rings (SSSR count). The minimum absolute atomic E-state index is 0.223. The first kappa shape index (κ1) is 13.5. The molecule has 0 aliphatic rings. The third-order valence-corrected chi connectivity index (χ3v) is 5.59. The van der Waals surface area contributed by atoms with Gasteiger partial charge >= 0.3 is 0 Å². The highest BCUT2D eigenvalue weighted by atomic mass is 79.9. The smallest absolute Gasteiger partial charge is 0.272 e. The summed E-state index contributed by atoms with van der Waals surface area (Å²) in [6.07, 6.45) is 1.52. The second-order valence-electron chi connectivity index (χ2n) is 3.42. The molecule has 0 aromatic carbocycles. The molecule has 0 spiro atoms. The molecule has 5 nitrogen and oxygen atoms in total. The van der Waals surface area contributed by atoms with Crippen molar-refractivity contribution in [1.29, 1.82) is 0 Å². The number of hydrogen-bond donors (Lipinski definition) is 2. The summed E-state index contributed by atoms with van der Waals surface area (Å²) in [4.78, 5) is 3.96. The molecule has 18 heavy (non-hydrogen) atoms. The summed E-state index contributed by atoms with van der Waals surface area (Å²) in [6, 6.07) is 4.98. The van der Waals surface area contributed by atoms with E-state index in [1.54, 1.807) is 23.6 Å². The van der Waals surface area contributed by atoms with E-state index < -0.39 is 10.0 Å². The maximum atomic E-state index is 12.1. The number of sulfonamides is 1. The average molecular weight is 348 g/mol. The molecule has 0 saturated heterocycles. The van der Waals surface area contributed by atoms with E-state index >= 15 is 0 Å². The third-order valence-electron chi connectivity index (χ3n) is 2.12. The fourth-order valence-electron chi connectivity index (χ4n) is 1.24. The minimum Gasteiger partial charge on any atom is -0.326 e. The molecule has 8 heteroatoms. The van der Waals surface area contributed by atoms with Crippen molar-refractivity contribution in [3.8, 4) is 0 Å². The van der Waals surface area contributed by atoms with Gasteiger partial charge in [0, 0.05) is 12.7 Å². The van der Waals surface area contributed by atoms with Crippen LogP contribution in [0.15, 0.2) is 38.5 Å². The molecule has 96 valence electrons. The van der Waals surface area contributed by atoms with Gasteiger partial charge in [-0.05, 0) is 45.1 Å². The quantitative estimate of drug-likeness (QED) is 0.887. The SMILES string of the molecule is NCc1csc(S(=O)(=O)Nc2ncccc2Br)c1. The molecule has 2 aromatic heterocycles. The van der Waals surface area contributed by atoms with Gasteiger partial charge < -0.3 is 5.73 Å². The Kier molecular flexibility index (Phi) is 4.00. The number of pyridine rings is 1. The van der Waals surface area contributed by atoms with Crippen LogP contribution in [0.25, 0.3) is 0 Å². The van der Waals surface area contributed by atoms with Crippen LogP contribution in [0.2, 0.25) is 0 Å². The molecule has 0 unspecified atom stereocenters. The molecule has 0 aliphatic heterocycles. The lowest BCUT2D eigenvalue weighted by atomic mass is 10.4. The van der Waals surface area contributed by atoms with Crippen LogP contribution in [0, 0.1) is 0 Å². The highest BCUT2D eigenvalue weighted by Crippen LogP contribution is 2.25. The van der Waals surface area contributed by atoms with Crippen molar-refractivity contribution in [2.24, 2.45) is 5.73 Å². The van der Waals surface area contributed by atoms with Gasteiger partial charge in [0.2, 0.25) is 0 Å². The van der Waals surface area contributed by atoms with Gasteiger partial charge in [-0.1, -0.05) is 0 Å². The van der Waals surface area contributed by atoms with Crippen LogP contribution in [0.3, 0.4) is 0 Å². The summed E-state index contributed by atoms with van der Waals surface area (Å²) in [5, 5.41) is 1.72. The molecule has 0 saturated carbocycles. The van der Waals surface area contributed by atoms with E-state index in [0.29, 0.717) is 11.0 Å². The van der Waals surface area contributed by atoms with Crippen molar-refractivity contribution in [3.63, 3.8) is 0 Å². The topological polar surface area (TPSA) is 85.1 Å². The number of anilines is 1. The molecule has 0 amide bonds. The molecular formula is C10H10BrN3O2S2. The molecule has 2 heterocycles. The lowest BCUT2D eigenvalue weighted by Crippen LogP contribution is -2.13. The predicted octanol–water partition coefficient (Wildman–Crippen LogP) is 2.17. The number of nitrogens with zero attached hydrogens (tertiary/aromatic N) is 1. The first-order valence-electron chi connectivity index (χ1n) is 4.94. The van der Waals surface area contributed by atoms with Crippen LogP contribution >= 0.6 is 27.3 Å². The van der Waals surface area contributed by atoms with Gasteiger partial charge in [-0.15, -0.1) is 11.3 Å². The van der Waals surface area contributed by atoms with Crippen LogP contribution in [-0.4, -0.2) is 13.4 Å². The number of rotatable bonds is 4. The number of nitrogens with two attached hydrogens (primary N) is 1. The Morgan fingerprint density at radius 1 is 1.50 bits per heavy atom. The van der Waals surface area contributed by atoms with E-state index in [1.165, 1.54) is 6.20 Å². The first-order valence-corrected chi connectivity index (χ1v) is 8.09. The van der Waals surface area contributed by atoms with Gasteiger partial charge in [0.05, 0.1) is 4.47 Å². The Balaban J connectivity index is 2.30. The predicted molar refractivity (Wildman–Crippen MR) is 75.0 cm³/mol. The second-order valence-corrected chi connectivity index (χ2v) is 7.09. The third kappa shape index (κ3) is 2.89. The number of hydrogen-bond acceptors (Lipinski definition) is 5. The maximum absolute atomic E-state index is 12.1. The summed E-state index contributed by atoms with van der Waals surface area (Å²) in [5.74, 6) is 0.264. The van der Waals surface area contributed by atoms with Crippen LogP contribution in [-0.2, 0) is 16.6 Å². The average Bonchev–Trinajstić information content (AvgIpc) is 2.81. The van der Waals surface area contributed by atoms with Crippen LogP contribution in [0.4, 0.5) is 5.82 Å². The van der Waals surface area contributed by atoms with Gasteiger partial charge in [-0.3, -0.25) is 4.72 Å². The van der Waals surface area contributed by atoms with Gasteiger partial charge in [0.15, 0.2) is 5.82 Å². The van der Waals surface area contributed by atoms with Crippen molar-refractivity contribution in [2.45, 2.75) is 10.8 Å². The lowest BCUT2D eigenvalue weighted by Gasteiger charge is -2.06. The van der Waals surface area contributed by atoms with Gasteiger partial charge in [-0.2, -0.15) is 0 Å². The second kappa shape index (κ2) is 5.35. The number of aromatic nitrogens is 1. The molecular weight excluding hydrogens is 338 g/mol. The molecule has 0 radical (unpaired) electrons. The first-order chi connectivity index (χ1) is 8.53. The summed E-state index contributed by atoms with van der Waals surface area (Å²) in [6.45, 7) is 0.319. The molecule has 0 fully saturated rings. The zero-order valence-corrected chi connectivity index (χ0v) is 12.3. The Morgan fingerprint density at radius 2 is 2.28 bits per heavy atom. The monoisotopic (exact) mass is 347 g/mol. The molecule has 0 bridgehead atoms. The summed E-state index contributed by atoms with van der Waals surface area (Å²) in [7, 11) is -3.60. The highest BCUT2D eigenvalue weighted by Gasteiger charge is 2.18.